The molecule has 0 unspecified atom stereocenters. The Kier molecular flexibility index (Phi) is 5.16. The van der Waals surface area contributed by atoms with Crippen LogP contribution < -0.4 is 10.9 Å². The highest BCUT2D eigenvalue weighted by Crippen LogP contribution is 2.18. The molecular formula is C14H13N3O3S. The molecule has 0 spiro atoms. The van der Waals surface area contributed by atoms with Gasteiger partial charge in [-0.1, -0.05) is 12.1 Å². The molecule has 2 aromatic rings. The molecule has 0 aliphatic carbocycles. The number of hydrogen-bond donors (Lipinski definition) is 3. The summed E-state index contributed by atoms with van der Waals surface area (Å²) >= 11 is 1.26. The number of pyridine rings is 1. The topological polar surface area (TPSA) is 91.3 Å². The fraction of sp³-hybridized carbons (Fsp3) is 0.0714. The number of nitrogens with one attached hydrogen (secondary N) is 2. The lowest BCUT2D eigenvalue weighted by Crippen LogP contribution is -2.31. The Balaban J connectivity index is 1.81. The fourth-order valence-corrected chi connectivity index (χ4v) is 2.23. The molecule has 6 nitrogen and oxygen atoms in total. The van der Waals surface area contributed by atoms with Gasteiger partial charge in [0, 0.05) is 11.1 Å². The zero-order valence-electron chi connectivity index (χ0n) is 10.9. The second-order valence-corrected chi connectivity index (χ2v) is 5.06. The Hall–Kier alpha value is -2.54. The first-order chi connectivity index (χ1) is 10.1. The summed E-state index contributed by atoms with van der Waals surface area (Å²) in [5.41, 5.74) is 5.41. The second kappa shape index (κ2) is 7.30. The van der Waals surface area contributed by atoms with Gasteiger partial charge in [0.1, 0.15) is 5.82 Å². The smallest absolute Gasteiger partial charge is 0.335 e. The molecular weight excluding hydrogens is 290 g/mol. The molecule has 7 heteroatoms. The molecule has 108 valence electrons. The standard InChI is InChI=1S/C14H13N3O3S/c18-13(17-16-12-6-1-2-7-15-12)9-21-11-5-3-4-10(8-11)14(19)20/h1-8H,9H2,(H,15,16)(H,17,18)(H,19,20). The lowest BCUT2D eigenvalue weighted by Gasteiger charge is -2.07. The molecule has 0 saturated carbocycles. The zero-order valence-corrected chi connectivity index (χ0v) is 11.8. The highest BCUT2D eigenvalue weighted by atomic mass is 32.2. The summed E-state index contributed by atoms with van der Waals surface area (Å²) in [6, 6.07) is 11.8. The van der Waals surface area contributed by atoms with Crippen LogP contribution in [-0.2, 0) is 4.79 Å². The van der Waals surface area contributed by atoms with Crippen LogP contribution in [0, 0.1) is 0 Å². The molecule has 0 aliphatic rings. The van der Waals surface area contributed by atoms with Crippen LogP contribution in [0.2, 0.25) is 0 Å². The molecule has 1 amide bonds. The van der Waals surface area contributed by atoms with Crippen LogP contribution in [0.4, 0.5) is 5.82 Å². The summed E-state index contributed by atoms with van der Waals surface area (Å²) in [7, 11) is 0. The first-order valence-electron chi connectivity index (χ1n) is 6.07. The summed E-state index contributed by atoms with van der Waals surface area (Å²) in [4.78, 5) is 27.2. The summed E-state index contributed by atoms with van der Waals surface area (Å²) in [5.74, 6) is -0.503. The number of carbonyl (C=O) groups excluding carboxylic acids is 1. The van der Waals surface area contributed by atoms with Crippen molar-refractivity contribution in [3.05, 3.63) is 54.2 Å². The summed E-state index contributed by atoms with van der Waals surface area (Å²) < 4.78 is 0. The van der Waals surface area contributed by atoms with E-state index in [1.165, 1.54) is 23.9 Å². The first kappa shape index (κ1) is 14.9. The maximum Gasteiger partial charge on any atom is 0.335 e. The molecule has 2 rings (SSSR count). The molecule has 0 radical (unpaired) electrons. The average molecular weight is 303 g/mol. The van der Waals surface area contributed by atoms with E-state index in [1.807, 2.05) is 0 Å². The minimum atomic E-state index is -0.987. The number of hydrogen-bond acceptors (Lipinski definition) is 5. The SMILES string of the molecule is O=C(CSc1cccc(C(=O)O)c1)NNc1ccccn1. The van der Waals surface area contributed by atoms with Gasteiger partial charge in [0.15, 0.2) is 0 Å². The number of aromatic carboxylic acids is 1. The molecule has 1 heterocycles. The molecule has 0 aliphatic heterocycles. The number of benzene rings is 1. The van der Waals surface area contributed by atoms with Crippen molar-refractivity contribution in [3.63, 3.8) is 0 Å². The number of thioether (sulfide) groups is 1. The quantitative estimate of drug-likeness (QED) is 0.558. The second-order valence-electron chi connectivity index (χ2n) is 4.01. The van der Waals surface area contributed by atoms with Crippen LogP contribution in [0.15, 0.2) is 53.6 Å². The van der Waals surface area contributed by atoms with E-state index in [-0.39, 0.29) is 17.2 Å². The molecule has 0 atom stereocenters. The Morgan fingerprint density at radius 1 is 1.19 bits per heavy atom. The number of carboxylic acids is 1. The van der Waals surface area contributed by atoms with E-state index in [2.05, 4.69) is 15.8 Å². The number of rotatable bonds is 6. The van der Waals surface area contributed by atoms with Crippen molar-refractivity contribution >= 4 is 29.5 Å². The maximum atomic E-state index is 11.7. The number of nitrogens with zero attached hydrogens (tertiary/aromatic N) is 1. The Labute approximate surface area is 125 Å². The summed E-state index contributed by atoms with van der Waals surface area (Å²) in [6.07, 6.45) is 1.61. The van der Waals surface area contributed by atoms with Crippen molar-refractivity contribution < 1.29 is 14.7 Å². The molecule has 1 aromatic carbocycles. The van der Waals surface area contributed by atoms with E-state index >= 15 is 0 Å². The normalized spacial score (nSPS) is 9.90. The number of aromatic nitrogens is 1. The van der Waals surface area contributed by atoms with Crippen LogP contribution >= 0.6 is 11.8 Å². The van der Waals surface area contributed by atoms with Gasteiger partial charge in [0.25, 0.3) is 0 Å². The third-order valence-electron chi connectivity index (χ3n) is 2.45. The molecule has 0 saturated heterocycles. The van der Waals surface area contributed by atoms with E-state index < -0.39 is 5.97 Å². The third kappa shape index (κ3) is 4.81. The van der Waals surface area contributed by atoms with Crippen molar-refractivity contribution in [1.29, 1.82) is 0 Å². The van der Waals surface area contributed by atoms with E-state index in [4.69, 9.17) is 5.11 Å². The van der Waals surface area contributed by atoms with Crippen molar-refractivity contribution in [1.82, 2.24) is 10.4 Å². The van der Waals surface area contributed by atoms with E-state index in [1.54, 1.807) is 36.5 Å². The molecule has 0 fully saturated rings. The van der Waals surface area contributed by atoms with E-state index in [9.17, 15) is 9.59 Å². The van der Waals surface area contributed by atoms with Gasteiger partial charge < -0.3 is 5.11 Å². The van der Waals surface area contributed by atoms with Crippen molar-refractivity contribution in [2.24, 2.45) is 0 Å². The highest BCUT2D eigenvalue weighted by molar-refractivity contribution is 8.00. The zero-order chi connectivity index (χ0) is 15.1. The number of anilines is 1. The summed E-state index contributed by atoms with van der Waals surface area (Å²) in [5, 5.41) is 8.89. The van der Waals surface area contributed by atoms with Gasteiger partial charge in [-0.2, -0.15) is 0 Å². The van der Waals surface area contributed by atoms with Crippen LogP contribution in [0.25, 0.3) is 0 Å². The predicted octanol–water partition coefficient (Wildman–Crippen LogP) is 2.02. The fourth-order valence-electron chi connectivity index (χ4n) is 1.47. The van der Waals surface area contributed by atoms with Crippen molar-refractivity contribution in [3.8, 4) is 0 Å². The maximum absolute atomic E-state index is 11.7. The van der Waals surface area contributed by atoms with Crippen molar-refractivity contribution in [2.75, 3.05) is 11.2 Å². The largest absolute Gasteiger partial charge is 0.478 e. The summed E-state index contributed by atoms with van der Waals surface area (Å²) in [6.45, 7) is 0. The monoisotopic (exact) mass is 303 g/mol. The number of amides is 1. The van der Waals surface area contributed by atoms with Gasteiger partial charge in [-0.05, 0) is 30.3 Å². The third-order valence-corrected chi connectivity index (χ3v) is 3.44. The average Bonchev–Trinajstić information content (AvgIpc) is 2.52. The number of carboxylic acid groups (broad SMARTS) is 1. The van der Waals surface area contributed by atoms with Crippen LogP contribution in [0.1, 0.15) is 10.4 Å². The van der Waals surface area contributed by atoms with Gasteiger partial charge in [-0.15, -0.1) is 11.8 Å². The molecule has 21 heavy (non-hydrogen) atoms. The van der Waals surface area contributed by atoms with Crippen LogP contribution in [0.5, 0.6) is 0 Å². The van der Waals surface area contributed by atoms with Gasteiger partial charge in [0.2, 0.25) is 5.91 Å². The Morgan fingerprint density at radius 3 is 2.76 bits per heavy atom. The lowest BCUT2D eigenvalue weighted by atomic mass is 10.2. The lowest BCUT2D eigenvalue weighted by molar-refractivity contribution is -0.118. The van der Waals surface area contributed by atoms with Crippen LogP contribution in [-0.4, -0.2) is 27.7 Å². The van der Waals surface area contributed by atoms with Gasteiger partial charge >= 0.3 is 5.97 Å². The molecule has 3 N–H and O–H groups in total. The molecule has 0 bridgehead atoms. The van der Waals surface area contributed by atoms with E-state index in [0.29, 0.717) is 5.82 Å². The van der Waals surface area contributed by atoms with Crippen molar-refractivity contribution in [2.45, 2.75) is 4.90 Å². The Morgan fingerprint density at radius 2 is 2.05 bits per heavy atom. The minimum Gasteiger partial charge on any atom is -0.478 e. The van der Waals surface area contributed by atoms with Gasteiger partial charge in [0.05, 0.1) is 11.3 Å². The highest BCUT2D eigenvalue weighted by Gasteiger charge is 2.06. The van der Waals surface area contributed by atoms with E-state index in [0.717, 1.165) is 4.90 Å². The minimum absolute atomic E-state index is 0.170. The number of carbonyl (C=O) groups is 2. The predicted molar refractivity (Wildman–Crippen MR) is 80.1 cm³/mol. The number of hydrazine groups is 1. The Bertz CT molecular complexity index is 634. The molecule has 1 aromatic heterocycles. The van der Waals surface area contributed by atoms with Gasteiger partial charge in [-0.25, -0.2) is 9.78 Å². The van der Waals surface area contributed by atoms with Crippen LogP contribution in [0.3, 0.4) is 0 Å². The van der Waals surface area contributed by atoms with Gasteiger partial charge in [-0.3, -0.25) is 15.6 Å². The first-order valence-corrected chi connectivity index (χ1v) is 7.06.